The minimum Gasteiger partial charge on any atom is -0.356 e. The number of nitrogens with zero attached hydrogens (tertiary/aromatic N) is 3. The highest BCUT2D eigenvalue weighted by atomic mass is 16.2. The summed E-state index contributed by atoms with van der Waals surface area (Å²) in [6, 6.07) is 0.408. The summed E-state index contributed by atoms with van der Waals surface area (Å²) in [5.41, 5.74) is 1.24. The molecule has 2 fully saturated rings. The van der Waals surface area contributed by atoms with E-state index in [-0.39, 0.29) is 11.9 Å². The van der Waals surface area contributed by atoms with Gasteiger partial charge in [-0.1, -0.05) is 13.3 Å². The zero-order chi connectivity index (χ0) is 16.8. The summed E-state index contributed by atoms with van der Waals surface area (Å²) in [5.74, 6) is 1.27. The molecule has 6 heteroatoms. The number of hydrogen-bond acceptors (Lipinski definition) is 5. The Morgan fingerprint density at radius 1 is 1.29 bits per heavy atom. The molecule has 6 nitrogen and oxygen atoms in total. The summed E-state index contributed by atoms with van der Waals surface area (Å²) in [6.07, 6.45) is 11.0. The zero-order valence-corrected chi connectivity index (χ0v) is 14.6. The van der Waals surface area contributed by atoms with Crippen LogP contribution < -0.4 is 15.5 Å². The summed E-state index contributed by atoms with van der Waals surface area (Å²) in [7, 11) is 0. The Balaban J connectivity index is 1.55. The summed E-state index contributed by atoms with van der Waals surface area (Å²) in [5, 5.41) is 6.60. The number of carbonyl (C=O) groups is 1. The molecule has 2 aliphatic rings. The first-order chi connectivity index (χ1) is 11.8. The highest BCUT2D eigenvalue weighted by molar-refractivity contribution is 5.81. The van der Waals surface area contributed by atoms with Gasteiger partial charge in [0.15, 0.2) is 0 Å². The first kappa shape index (κ1) is 17.1. The Labute approximate surface area is 144 Å². The van der Waals surface area contributed by atoms with Crippen LogP contribution in [0.4, 0.5) is 5.82 Å². The van der Waals surface area contributed by atoms with E-state index < -0.39 is 0 Å². The lowest BCUT2D eigenvalue weighted by atomic mass is 10.0. The fourth-order valence-electron chi connectivity index (χ4n) is 3.72. The van der Waals surface area contributed by atoms with Crippen molar-refractivity contribution in [3.63, 3.8) is 0 Å². The lowest BCUT2D eigenvalue weighted by Gasteiger charge is -2.35. The molecule has 24 heavy (non-hydrogen) atoms. The van der Waals surface area contributed by atoms with E-state index in [1.54, 1.807) is 6.33 Å². The highest BCUT2D eigenvalue weighted by Gasteiger charge is 2.27. The van der Waals surface area contributed by atoms with Crippen molar-refractivity contribution in [3.05, 3.63) is 18.1 Å². The second-order valence-corrected chi connectivity index (χ2v) is 6.89. The maximum Gasteiger partial charge on any atom is 0.237 e. The molecule has 0 aromatic carbocycles. The Bertz CT molecular complexity index is 542. The van der Waals surface area contributed by atoms with Crippen molar-refractivity contribution >= 4 is 11.7 Å². The van der Waals surface area contributed by atoms with Crippen molar-refractivity contribution in [3.8, 4) is 0 Å². The van der Waals surface area contributed by atoms with Crippen LogP contribution >= 0.6 is 0 Å². The van der Waals surface area contributed by atoms with Crippen LogP contribution in [0.15, 0.2) is 12.5 Å². The summed E-state index contributed by atoms with van der Waals surface area (Å²) in [6.45, 7) is 4.98. The largest absolute Gasteiger partial charge is 0.356 e. The topological polar surface area (TPSA) is 70.2 Å². The monoisotopic (exact) mass is 331 g/mol. The third-order valence-corrected chi connectivity index (χ3v) is 5.05. The average Bonchev–Trinajstić information content (AvgIpc) is 2.81. The molecule has 1 amide bonds. The van der Waals surface area contributed by atoms with E-state index in [9.17, 15) is 4.79 Å². The molecule has 132 valence electrons. The Hall–Kier alpha value is -1.69. The molecule has 0 radical (unpaired) electrons. The van der Waals surface area contributed by atoms with Gasteiger partial charge in [-0.05, 0) is 38.5 Å². The lowest BCUT2D eigenvalue weighted by molar-refractivity contribution is -0.123. The van der Waals surface area contributed by atoms with Crippen LogP contribution in [0.25, 0.3) is 0 Å². The minimum absolute atomic E-state index is 0.0150. The van der Waals surface area contributed by atoms with Crippen LogP contribution in [0, 0.1) is 0 Å². The van der Waals surface area contributed by atoms with Crippen LogP contribution in [0.3, 0.4) is 0 Å². The molecule has 0 spiro atoms. The molecule has 2 N–H and O–H groups in total. The Morgan fingerprint density at radius 2 is 2.12 bits per heavy atom. The number of hydrogen-bond donors (Lipinski definition) is 2. The van der Waals surface area contributed by atoms with Gasteiger partial charge in [0, 0.05) is 37.4 Å². The van der Waals surface area contributed by atoms with Crippen LogP contribution in [0.5, 0.6) is 0 Å². The molecule has 3 heterocycles. The molecule has 0 bridgehead atoms. The van der Waals surface area contributed by atoms with Crippen LogP contribution in [-0.2, 0) is 11.2 Å². The van der Waals surface area contributed by atoms with E-state index in [0.29, 0.717) is 6.04 Å². The highest BCUT2D eigenvalue weighted by Crippen LogP contribution is 2.22. The number of rotatable bonds is 5. The van der Waals surface area contributed by atoms with Crippen molar-refractivity contribution in [2.75, 3.05) is 24.5 Å². The number of anilines is 1. The van der Waals surface area contributed by atoms with Crippen LogP contribution in [-0.4, -0.2) is 47.6 Å². The zero-order valence-electron chi connectivity index (χ0n) is 14.6. The molecular weight excluding hydrogens is 302 g/mol. The molecule has 3 rings (SSSR count). The Morgan fingerprint density at radius 3 is 2.92 bits per heavy atom. The fraction of sp³-hybridized carbons (Fsp3) is 0.722. The quantitative estimate of drug-likeness (QED) is 0.859. The predicted molar refractivity (Wildman–Crippen MR) is 95.0 cm³/mol. The smallest absolute Gasteiger partial charge is 0.237 e. The van der Waals surface area contributed by atoms with E-state index in [1.807, 2.05) is 6.20 Å². The number of aryl methyl sites for hydroxylation is 1. The normalized spacial score (nSPS) is 23.0. The first-order valence-electron chi connectivity index (χ1n) is 9.35. The van der Waals surface area contributed by atoms with Gasteiger partial charge in [0.05, 0.1) is 6.04 Å². The third kappa shape index (κ3) is 4.23. The molecule has 1 aromatic heterocycles. The third-order valence-electron chi connectivity index (χ3n) is 5.05. The van der Waals surface area contributed by atoms with Gasteiger partial charge < -0.3 is 15.5 Å². The summed E-state index contributed by atoms with van der Waals surface area (Å²) >= 11 is 0. The van der Waals surface area contributed by atoms with Gasteiger partial charge in [-0.25, -0.2) is 9.97 Å². The van der Waals surface area contributed by atoms with Crippen molar-refractivity contribution in [2.45, 2.75) is 64.0 Å². The Kier molecular flexibility index (Phi) is 6.01. The number of carbonyl (C=O) groups excluding carboxylic acids is 1. The molecule has 1 atom stereocenters. The number of amides is 1. The molecule has 2 aliphatic heterocycles. The van der Waals surface area contributed by atoms with Crippen LogP contribution in [0.2, 0.25) is 0 Å². The van der Waals surface area contributed by atoms with E-state index in [0.717, 1.165) is 70.4 Å². The maximum absolute atomic E-state index is 12.1. The van der Waals surface area contributed by atoms with Gasteiger partial charge in [0.2, 0.25) is 5.91 Å². The minimum atomic E-state index is -0.0150. The second kappa shape index (κ2) is 8.42. The predicted octanol–water partition coefficient (Wildman–Crippen LogP) is 1.66. The van der Waals surface area contributed by atoms with E-state index >= 15 is 0 Å². The van der Waals surface area contributed by atoms with Crippen molar-refractivity contribution in [2.24, 2.45) is 0 Å². The first-order valence-corrected chi connectivity index (χ1v) is 9.35. The number of nitrogens with one attached hydrogen (secondary N) is 2. The number of aromatic nitrogens is 2. The summed E-state index contributed by atoms with van der Waals surface area (Å²) < 4.78 is 0. The van der Waals surface area contributed by atoms with Gasteiger partial charge in [-0.2, -0.15) is 0 Å². The standard InChI is InChI=1S/C18H29N5O/c1-2-5-14-12-19-13-21-17(14)23-10-7-15(8-11-23)22-16-6-3-4-9-20-18(16)24/h12-13,15-16,22H,2-11H2,1H3,(H,20,24). The fourth-order valence-corrected chi connectivity index (χ4v) is 3.72. The molecule has 1 unspecified atom stereocenters. The van der Waals surface area contributed by atoms with E-state index in [4.69, 9.17) is 0 Å². The average molecular weight is 331 g/mol. The van der Waals surface area contributed by atoms with Gasteiger partial charge in [0.1, 0.15) is 12.1 Å². The molecule has 0 saturated carbocycles. The molecule has 0 aliphatic carbocycles. The summed E-state index contributed by atoms with van der Waals surface area (Å²) in [4.78, 5) is 23.2. The van der Waals surface area contributed by atoms with Gasteiger partial charge in [-0.3, -0.25) is 4.79 Å². The van der Waals surface area contributed by atoms with Gasteiger partial charge in [-0.15, -0.1) is 0 Å². The van der Waals surface area contributed by atoms with Crippen LogP contribution in [0.1, 0.15) is 51.0 Å². The van der Waals surface area contributed by atoms with Gasteiger partial charge in [0.25, 0.3) is 0 Å². The van der Waals surface area contributed by atoms with Crippen molar-refractivity contribution < 1.29 is 4.79 Å². The SMILES string of the molecule is CCCc1cncnc1N1CCC(NC2CCCCNC2=O)CC1. The van der Waals surface area contributed by atoms with Crippen molar-refractivity contribution in [1.82, 2.24) is 20.6 Å². The van der Waals surface area contributed by atoms with E-state index in [1.165, 1.54) is 5.56 Å². The molecule has 2 saturated heterocycles. The number of piperidine rings is 1. The second-order valence-electron chi connectivity index (χ2n) is 6.89. The van der Waals surface area contributed by atoms with E-state index in [2.05, 4.69) is 32.4 Å². The van der Waals surface area contributed by atoms with Crippen molar-refractivity contribution in [1.29, 1.82) is 0 Å². The lowest BCUT2D eigenvalue weighted by Crippen LogP contribution is -2.51. The van der Waals surface area contributed by atoms with Gasteiger partial charge >= 0.3 is 0 Å². The molecular formula is C18H29N5O. The maximum atomic E-state index is 12.1. The molecule has 1 aromatic rings.